The maximum absolute atomic E-state index is 12.9. The van der Waals surface area contributed by atoms with Gasteiger partial charge in [0.2, 0.25) is 11.8 Å². The highest BCUT2D eigenvalue weighted by Crippen LogP contribution is 2.43. The Morgan fingerprint density at radius 3 is 2.39 bits per heavy atom. The monoisotopic (exact) mass is 420 g/mol. The van der Waals surface area contributed by atoms with Gasteiger partial charge < -0.3 is 14.9 Å². The van der Waals surface area contributed by atoms with Crippen molar-refractivity contribution in [2.45, 2.75) is 69.4 Å². The second-order valence-electron chi connectivity index (χ2n) is 9.72. The topological polar surface area (TPSA) is 60.9 Å². The van der Waals surface area contributed by atoms with Gasteiger partial charge in [0, 0.05) is 29.9 Å². The number of aliphatic hydroxyl groups excluding tert-OH is 1. The minimum absolute atomic E-state index is 0.0306. The molecule has 5 rings (SSSR count). The average Bonchev–Trinajstić information content (AvgIpc) is 3.48. The van der Waals surface area contributed by atoms with Gasteiger partial charge in [0.15, 0.2) is 0 Å². The van der Waals surface area contributed by atoms with Crippen LogP contribution in [0.15, 0.2) is 24.3 Å². The summed E-state index contributed by atoms with van der Waals surface area (Å²) in [4.78, 5) is 29.3. The lowest BCUT2D eigenvalue weighted by atomic mass is 9.73. The first kappa shape index (κ1) is 20.6. The third kappa shape index (κ3) is 3.87. The van der Waals surface area contributed by atoms with Crippen molar-refractivity contribution >= 4 is 11.8 Å². The Balaban J connectivity index is 1.31. The van der Waals surface area contributed by atoms with E-state index < -0.39 is 0 Å². The number of rotatable bonds is 3. The zero-order valence-corrected chi connectivity index (χ0v) is 18.1. The smallest absolute Gasteiger partial charge is 0.242 e. The molecule has 164 valence electrons. The van der Waals surface area contributed by atoms with Crippen LogP contribution in [0, 0.1) is 23.7 Å². The van der Waals surface area contributed by atoms with Crippen LogP contribution in [0.25, 0.3) is 0 Å². The van der Waals surface area contributed by atoms with E-state index in [0.29, 0.717) is 12.5 Å². The van der Waals surface area contributed by atoms with Crippen molar-refractivity contribution in [2.24, 2.45) is 11.8 Å². The summed E-state index contributed by atoms with van der Waals surface area (Å²) in [5, 5.41) is 9.99. The maximum Gasteiger partial charge on any atom is 0.242 e. The molecule has 2 aliphatic carbocycles. The standard InChI is InChI=1S/C26H32N2O3/c29-17-23-25(20-13-11-19(12-14-20)10-9-18-5-1-2-6-18)22-15-27(16-24(30)28(22)23)26(31)21-7-3-4-8-21/h11-14,18,21-23,25,29H,1-8,15-17H2/t22-,23-,25-/m0/s1. The SMILES string of the molecule is O=C(C1CCCC1)N1CC(=O)N2[C@@H](CO)[C@@H](c3ccc(C#CC4CCCC4)cc3)[C@@H]2C1. The third-order valence-electron chi connectivity index (χ3n) is 7.84. The molecule has 0 spiro atoms. The van der Waals surface area contributed by atoms with Crippen LogP contribution in [0.1, 0.15) is 68.4 Å². The molecule has 1 aromatic rings. The van der Waals surface area contributed by atoms with Crippen LogP contribution in [-0.4, -0.2) is 58.5 Å². The lowest BCUT2D eigenvalue weighted by Crippen LogP contribution is -2.73. The molecule has 4 aliphatic rings. The molecular formula is C26H32N2O3. The van der Waals surface area contributed by atoms with Crippen LogP contribution in [0.5, 0.6) is 0 Å². The first-order valence-electron chi connectivity index (χ1n) is 12.0. The molecule has 0 bridgehead atoms. The average molecular weight is 421 g/mol. The van der Waals surface area contributed by atoms with E-state index in [1.807, 2.05) is 4.90 Å². The van der Waals surface area contributed by atoms with E-state index in [1.165, 1.54) is 25.7 Å². The molecule has 2 heterocycles. The predicted octanol–water partition coefficient (Wildman–Crippen LogP) is 2.92. The van der Waals surface area contributed by atoms with Crippen molar-refractivity contribution in [3.05, 3.63) is 35.4 Å². The summed E-state index contributed by atoms with van der Waals surface area (Å²) in [6.45, 7) is 0.683. The molecule has 0 unspecified atom stereocenters. The van der Waals surface area contributed by atoms with Gasteiger partial charge in [0.1, 0.15) is 0 Å². The predicted molar refractivity (Wildman–Crippen MR) is 118 cm³/mol. The van der Waals surface area contributed by atoms with E-state index in [4.69, 9.17) is 0 Å². The zero-order chi connectivity index (χ0) is 21.4. The van der Waals surface area contributed by atoms with Gasteiger partial charge in [0.05, 0.1) is 25.2 Å². The van der Waals surface area contributed by atoms with Gasteiger partial charge in [-0.2, -0.15) is 0 Å². The van der Waals surface area contributed by atoms with E-state index in [9.17, 15) is 14.7 Å². The Labute approximate surface area is 184 Å². The highest BCUT2D eigenvalue weighted by atomic mass is 16.3. The number of carbonyl (C=O) groups excluding carboxylic acids is 2. The third-order valence-corrected chi connectivity index (χ3v) is 7.84. The van der Waals surface area contributed by atoms with Crippen LogP contribution in [0.4, 0.5) is 0 Å². The Bertz CT molecular complexity index is 887. The summed E-state index contributed by atoms with van der Waals surface area (Å²) in [5.41, 5.74) is 2.14. The van der Waals surface area contributed by atoms with Crippen molar-refractivity contribution in [1.29, 1.82) is 0 Å². The quantitative estimate of drug-likeness (QED) is 0.765. The summed E-state index contributed by atoms with van der Waals surface area (Å²) < 4.78 is 0. The minimum Gasteiger partial charge on any atom is -0.394 e. The number of carbonyl (C=O) groups is 2. The number of nitrogens with zero attached hydrogens (tertiary/aromatic N) is 2. The first-order valence-corrected chi connectivity index (χ1v) is 12.0. The molecule has 4 fully saturated rings. The number of benzene rings is 1. The summed E-state index contributed by atoms with van der Waals surface area (Å²) in [6.07, 6.45) is 9.13. The van der Waals surface area contributed by atoms with Crippen molar-refractivity contribution < 1.29 is 14.7 Å². The minimum atomic E-state index is -0.198. The molecular weight excluding hydrogens is 388 g/mol. The number of hydrogen-bond acceptors (Lipinski definition) is 3. The van der Waals surface area contributed by atoms with E-state index >= 15 is 0 Å². The van der Waals surface area contributed by atoms with Crippen molar-refractivity contribution in [3.8, 4) is 11.8 Å². The maximum atomic E-state index is 12.9. The van der Waals surface area contributed by atoms with Crippen LogP contribution in [0.2, 0.25) is 0 Å². The van der Waals surface area contributed by atoms with Crippen LogP contribution in [0.3, 0.4) is 0 Å². The van der Waals surface area contributed by atoms with E-state index in [0.717, 1.165) is 36.8 Å². The van der Waals surface area contributed by atoms with Gasteiger partial charge in [-0.05, 0) is 43.4 Å². The Kier molecular flexibility index (Phi) is 5.75. The van der Waals surface area contributed by atoms with Crippen molar-refractivity contribution in [2.75, 3.05) is 19.7 Å². The zero-order valence-electron chi connectivity index (χ0n) is 18.1. The Hall–Kier alpha value is -2.32. The molecule has 0 aromatic heterocycles. The first-order chi connectivity index (χ1) is 15.2. The number of hydrogen-bond donors (Lipinski definition) is 1. The summed E-state index contributed by atoms with van der Waals surface area (Å²) in [5.74, 6) is 7.52. The highest BCUT2D eigenvalue weighted by molar-refractivity contribution is 5.88. The summed E-state index contributed by atoms with van der Waals surface area (Å²) in [7, 11) is 0. The molecule has 2 aliphatic heterocycles. The van der Waals surface area contributed by atoms with E-state index in [1.54, 1.807) is 4.90 Å². The molecule has 3 atom stereocenters. The second-order valence-corrected chi connectivity index (χ2v) is 9.72. The fourth-order valence-electron chi connectivity index (χ4n) is 6.14. The molecule has 5 nitrogen and oxygen atoms in total. The van der Waals surface area contributed by atoms with Gasteiger partial charge in [-0.3, -0.25) is 9.59 Å². The second kappa shape index (κ2) is 8.67. The fourth-order valence-corrected chi connectivity index (χ4v) is 6.14. The van der Waals surface area contributed by atoms with E-state index in [-0.39, 0.29) is 48.9 Å². The molecule has 0 radical (unpaired) electrons. The number of fused-ring (bicyclic) bond motifs is 1. The molecule has 1 N–H and O–H groups in total. The molecule has 1 aromatic carbocycles. The number of aliphatic hydroxyl groups is 1. The normalized spacial score (nSPS) is 28.8. The molecule has 2 saturated heterocycles. The molecule has 5 heteroatoms. The van der Waals surface area contributed by atoms with Gasteiger partial charge in [0.25, 0.3) is 0 Å². The Morgan fingerprint density at radius 1 is 1.03 bits per heavy atom. The summed E-state index contributed by atoms with van der Waals surface area (Å²) >= 11 is 0. The lowest BCUT2D eigenvalue weighted by molar-refractivity contribution is -0.168. The van der Waals surface area contributed by atoms with Crippen molar-refractivity contribution in [1.82, 2.24) is 9.80 Å². The molecule has 31 heavy (non-hydrogen) atoms. The van der Waals surface area contributed by atoms with Crippen LogP contribution < -0.4 is 0 Å². The molecule has 2 saturated carbocycles. The van der Waals surface area contributed by atoms with E-state index in [2.05, 4.69) is 36.1 Å². The van der Waals surface area contributed by atoms with Crippen molar-refractivity contribution in [3.63, 3.8) is 0 Å². The van der Waals surface area contributed by atoms with Crippen LogP contribution in [-0.2, 0) is 9.59 Å². The van der Waals surface area contributed by atoms with Gasteiger partial charge in [-0.25, -0.2) is 0 Å². The highest BCUT2D eigenvalue weighted by Gasteiger charge is 2.54. The van der Waals surface area contributed by atoms with Gasteiger partial charge in [-0.1, -0.05) is 49.7 Å². The largest absolute Gasteiger partial charge is 0.394 e. The summed E-state index contributed by atoms with van der Waals surface area (Å²) in [6, 6.07) is 8.05. The Morgan fingerprint density at radius 2 is 1.71 bits per heavy atom. The van der Waals surface area contributed by atoms with Gasteiger partial charge in [-0.15, -0.1) is 0 Å². The number of piperazine rings is 1. The molecule has 2 amide bonds. The van der Waals surface area contributed by atoms with Gasteiger partial charge >= 0.3 is 0 Å². The lowest BCUT2D eigenvalue weighted by Gasteiger charge is -2.59. The number of amides is 2. The fraction of sp³-hybridized carbons (Fsp3) is 0.615. The van der Waals surface area contributed by atoms with Crippen LogP contribution >= 0.6 is 0 Å².